The van der Waals surface area contributed by atoms with Crippen molar-refractivity contribution in [3.8, 4) is 16.7 Å². The SMILES string of the molecule is COc1ncc(-c2ccc(C(=O)N[C@H]3CN4CCC3CC4)s2)o1. The molecule has 3 saturated heterocycles. The Kier molecular flexibility index (Phi) is 3.82. The minimum atomic E-state index is 0.00600. The van der Waals surface area contributed by atoms with E-state index in [2.05, 4.69) is 15.2 Å². The summed E-state index contributed by atoms with van der Waals surface area (Å²) in [5, 5.41) is 3.21. The number of aromatic nitrogens is 1. The van der Waals surface area contributed by atoms with Crippen molar-refractivity contribution in [3.05, 3.63) is 23.2 Å². The third kappa shape index (κ3) is 2.86. The van der Waals surface area contributed by atoms with E-state index in [9.17, 15) is 4.79 Å². The second-order valence-electron chi connectivity index (χ2n) is 6.08. The van der Waals surface area contributed by atoms with E-state index in [4.69, 9.17) is 9.15 Å². The maximum atomic E-state index is 12.5. The van der Waals surface area contributed by atoms with Crippen LogP contribution in [0.3, 0.4) is 0 Å². The standard InChI is InChI=1S/C16H19N3O3S/c1-21-16-17-8-12(22-16)13-2-3-14(23-13)15(20)18-11-9-19-6-4-10(11)5-7-19/h2-3,8,10-11H,4-7,9H2,1H3,(H,18,20)/t11-/m0/s1. The van der Waals surface area contributed by atoms with Crippen LogP contribution < -0.4 is 10.1 Å². The second kappa shape index (κ2) is 5.98. The summed E-state index contributed by atoms with van der Waals surface area (Å²) in [4.78, 5) is 20.5. The summed E-state index contributed by atoms with van der Waals surface area (Å²) >= 11 is 1.41. The molecule has 6 nitrogen and oxygen atoms in total. The molecule has 0 radical (unpaired) electrons. The van der Waals surface area contributed by atoms with Gasteiger partial charge in [-0.2, -0.15) is 4.98 Å². The number of hydrogen-bond acceptors (Lipinski definition) is 6. The van der Waals surface area contributed by atoms with Gasteiger partial charge in [-0.25, -0.2) is 0 Å². The van der Waals surface area contributed by atoms with Crippen molar-refractivity contribution in [2.24, 2.45) is 5.92 Å². The lowest BCUT2D eigenvalue weighted by Gasteiger charge is -2.44. The molecule has 1 amide bonds. The van der Waals surface area contributed by atoms with E-state index < -0.39 is 0 Å². The molecule has 0 saturated carbocycles. The van der Waals surface area contributed by atoms with Gasteiger partial charge in [0.1, 0.15) is 0 Å². The highest BCUT2D eigenvalue weighted by molar-refractivity contribution is 7.17. The Hall–Kier alpha value is -1.86. The Morgan fingerprint density at radius 3 is 2.91 bits per heavy atom. The smallest absolute Gasteiger partial charge is 0.393 e. The van der Waals surface area contributed by atoms with Crippen molar-refractivity contribution in [2.75, 3.05) is 26.7 Å². The van der Waals surface area contributed by atoms with Crippen LogP contribution in [0.1, 0.15) is 22.5 Å². The molecule has 23 heavy (non-hydrogen) atoms. The molecule has 5 heterocycles. The van der Waals surface area contributed by atoms with E-state index in [0.29, 0.717) is 16.6 Å². The fourth-order valence-electron chi connectivity index (χ4n) is 3.43. The van der Waals surface area contributed by atoms with Gasteiger partial charge in [-0.1, -0.05) is 0 Å². The van der Waals surface area contributed by atoms with Gasteiger partial charge in [0, 0.05) is 12.6 Å². The van der Waals surface area contributed by atoms with Gasteiger partial charge in [-0.05, 0) is 44.0 Å². The first-order chi connectivity index (χ1) is 11.2. The summed E-state index contributed by atoms with van der Waals surface area (Å²) in [6.45, 7) is 3.33. The van der Waals surface area contributed by atoms with Crippen molar-refractivity contribution in [2.45, 2.75) is 18.9 Å². The molecule has 122 valence electrons. The molecular weight excluding hydrogens is 314 g/mol. The third-order valence-electron chi connectivity index (χ3n) is 4.70. The molecule has 0 spiro atoms. The lowest BCUT2D eigenvalue weighted by Crippen LogP contribution is -2.57. The van der Waals surface area contributed by atoms with Crippen molar-refractivity contribution in [1.82, 2.24) is 15.2 Å². The van der Waals surface area contributed by atoms with E-state index in [1.54, 1.807) is 6.20 Å². The van der Waals surface area contributed by atoms with Crippen LogP contribution in [0, 0.1) is 5.92 Å². The summed E-state index contributed by atoms with van der Waals surface area (Å²) in [5.74, 6) is 1.25. The highest BCUT2D eigenvalue weighted by atomic mass is 32.1. The number of piperidine rings is 3. The Bertz CT molecular complexity index is 703. The van der Waals surface area contributed by atoms with Crippen LogP contribution in [-0.2, 0) is 0 Å². The molecule has 1 atom stereocenters. The Balaban J connectivity index is 1.45. The minimum absolute atomic E-state index is 0.00600. The highest BCUT2D eigenvalue weighted by Crippen LogP contribution is 2.31. The number of nitrogens with zero attached hydrogens (tertiary/aromatic N) is 2. The quantitative estimate of drug-likeness (QED) is 0.929. The topological polar surface area (TPSA) is 67.6 Å². The van der Waals surface area contributed by atoms with Crippen molar-refractivity contribution in [1.29, 1.82) is 0 Å². The average molecular weight is 333 g/mol. The average Bonchev–Trinajstić information content (AvgIpc) is 3.25. The number of amides is 1. The number of ether oxygens (including phenoxy) is 1. The second-order valence-corrected chi connectivity index (χ2v) is 7.16. The molecule has 2 bridgehead atoms. The van der Waals surface area contributed by atoms with Gasteiger partial charge in [-0.3, -0.25) is 4.79 Å². The molecule has 2 aromatic heterocycles. The van der Waals surface area contributed by atoms with Crippen molar-refractivity contribution >= 4 is 17.2 Å². The fraction of sp³-hybridized carbons (Fsp3) is 0.500. The summed E-state index contributed by atoms with van der Waals surface area (Å²) in [7, 11) is 1.51. The van der Waals surface area contributed by atoms with E-state index in [1.165, 1.54) is 44.4 Å². The monoisotopic (exact) mass is 333 g/mol. The van der Waals surface area contributed by atoms with Gasteiger partial charge < -0.3 is 19.4 Å². The number of methoxy groups -OCH3 is 1. The number of carbonyl (C=O) groups excluding carboxylic acids is 1. The van der Waals surface area contributed by atoms with E-state index >= 15 is 0 Å². The van der Waals surface area contributed by atoms with Gasteiger partial charge in [0.25, 0.3) is 5.91 Å². The zero-order chi connectivity index (χ0) is 15.8. The lowest BCUT2D eigenvalue weighted by molar-refractivity contribution is 0.0622. The lowest BCUT2D eigenvalue weighted by atomic mass is 9.84. The van der Waals surface area contributed by atoms with E-state index in [1.807, 2.05) is 12.1 Å². The molecule has 3 aliphatic heterocycles. The molecular formula is C16H19N3O3S. The van der Waals surface area contributed by atoms with Crippen molar-refractivity contribution < 1.29 is 13.9 Å². The van der Waals surface area contributed by atoms with Crippen LogP contribution in [0.15, 0.2) is 22.7 Å². The number of carbonyl (C=O) groups is 1. The molecule has 2 aromatic rings. The molecule has 0 unspecified atom stereocenters. The number of fused-ring (bicyclic) bond motifs is 3. The molecule has 3 fully saturated rings. The van der Waals surface area contributed by atoms with Gasteiger partial charge in [0.2, 0.25) is 0 Å². The minimum Gasteiger partial charge on any atom is -0.454 e. The molecule has 3 aliphatic rings. The fourth-order valence-corrected chi connectivity index (χ4v) is 4.28. The highest BCUT2D eigenvalue weighted by Gasteiger charge is 2.35. The number of oxazole rings is 1. The molecule has 7 heteroatoms. The van der Waals surface area contributed by atoms with E-state index in [-0.39, 0.29) is 18.0 Å². The van der Waals surface area contributed by atoms with Crippen LogP contribution >= 0.6 is 11.3 Å². The summed E-state index contributed by atoms with van der Waals surface area (Å²) in [5.41, 5.74) is 0. The van der Waals surface area contributed by atoms with Crippen LogP contribution in [0.2, 0.25) is 0 Å². The third-order valence-corrected chi connectivity index (χ3v) is 5.80. The van der Waals surface area contributed by atoms with Gasteiger partial charge >= 0.3 is 6.08 Å². The first-order valence-electron chi connectivity index (χ1n) is 7.86. The maximum Gasteiger partial charge on any atom is 0.393 e. The zero-order valence-electron chi connectivity index (χ0n) is 12.9. The summed E-state index contributed by atoms with van der Waals surface area (Å²) in [6.07, 6.45) is 4.23. The Morgan fingerprint density at radius 2 is 2.26 bits per heavy atom. The largest absolute Gasteiger partial charge is 0.454 e. The van der Waals surface area contributed by atoms with Crippen LogP contribution in [0.4, 0.5) is 0 Å². The summed E-state index contributed by atoms with van der Waals surface area (Å²) in [6, 6.07) is 4.00. The summed E-state index contributed by atoms with van der Waals surface area (Å²) < 4.78 is 10.4. The zero-order valence-corrected chi connectivity index (χ0v) is 13.8. The van der Waals surface area contributed by atoms with Crippen molar-refractivity contribution in [3.63, 3.8) is 0 Å². The number of nitrogens with one attached hydrogen (secondary N) is 1. The van der Waals surface area contributed by atoms with Gasteiger partial charge in [0.05, 0.1) is 23.1 Å². The molecule has 0 aromatic carbocycles. The van der Waals surface area contributed by atoms with Gasteiger partial charge in [-0.15, -0.1) is 11.3 Å². The van der Waals surface area contributed by atoms with E-state index in [0.717, 1.165) is 11.4 Å². The number of rotatable bonds is 4. The normalized spacial score (nSPS) is 26.2. The van der Waals surface area contributed by atoms with Gasteiger partial charge in [0.15, 0.2) is 5.76 Å². The molecule has 5 rings (SSSR count). The Morgan fingerprint density at radius 1 is 1.43 bits per heavy atom. The number of thiophene rings is 1. The molecule has 0 aliphatic carbocycles. The predicted octanol–water partition coefficient (Wildman–Crippen LogP) is 2.24. The number of hydrogen-bond donors (Lipinski definition) is 1. The van der Waals surface area contributed by atoms with Crippen LogP contribution in [0.25, 0.3) is 10.6 Å². The first kappa shape index (κ1) is 14.7. The molecule has 1 N–H and O–H groups in total. The van der Waals surface area contributed by atoms with Crippen LogP contribution in [0.5, 0.6) is 6.08 Å². The maximum absolute atomic E-state index is 12.5. The predicted molar refractivity (Wildman–Crippen MR) is 86.8 cm³/mol. The first-order valence-corrected chi connectivity index (χ1v) is 8.68. The Labute approximate surface area is 138 Å². The van der Waals surface area contributed by atoms with Crippen LogP contribution in [-0.4, -0.2) is 48.6 Å².